The summed E-state index contributed by atoms with van der Waals surface area (Å²) in [4.78, 5) is 2.47. The first-order valence-electron chi connectivity index (χ1n) is 8.10. The maximum Gasteiger partial charge on any atom is 0.115 e. The number of phenols is 1. The second kappa shape index (κ2) is 6.77. The summed E-state index contributed by atoms with van der Waals surface area (Å²) < 4.78 is 5.40. The number of nitrogens with zero attached hydrogens (tertiary/aromatic N) is 1. The normalized spacial score (nSPS) is 24.5. The molecular weight excluding hydrogens is 264 g/mol. The Labute approximate surface area is 127 Å². The first-order chi connectivity index (χ1) is 10.2. The second-order valence-corrected chi connectivity index (χ2v) is 6.31. The third-order valence-corrected chi connectivity index (χ3v) is 4.57. The van der Waals surface area contributed by atoms with E-state index in [0.717, 1.165) is 45.7 Å². The van der Waals surface area contributed by atoms with Gasteiger partial charge in [0.15, 0.2) is 0 Å². The van der Waals surface area contributed by atoms with Gasteiger partial charge in [-0.2, -0.15) is 0 Å². The fourth-order valence-electron chi connectivity index (χ4n) is 3.53. The van der Waals surface area contributed by atoms with Crippen LogP contribution in [0.3, 0.4) is 0 Å². The molecule has 4 nitrogen and oxygen atoms in total. The molecule has 2 unspecified atom stereocenters. The Hall–Kier alpha value is -1.10. The van der Waals surface area contributed by atoms with Crippen LogP contribution in [0.4, 0.5) is 0 Å². The Balaban J connectivity index is 1.61. The summed E-state index contributed by atoms with van der Waals surface area (Å²) in [5.74, 6) is 0.378. The quantitative estimate of drug-likeness (QED) is 0.891. The van der Waals surface area contributed by atoms with Crippen molar-refractivity contribution in [3.63, 3.8) is 0 Å². The van der Waals surface area contributed by atoms with Crippen LogP contribution in [0.15, 0.2) is 18.2 Å². The molecule has 0 aromatic heterocycles. The highest BCUT2D eigenvalue weighted by molar-refractivity contribution is 5.38. The molecule has 0 spiro atoms. The fourth-order valence-corrected chi connectivity index (χ4v) is 3.53. The summed E-state index contributed by atoms with van der Waals surface area (Å²) in [7, 11) is 0. The van der Waals surface area contributed by atoms with E-state index in [2.05, 4.69) is 23.2 Å². The van der Waals surface area contributed by atoms with Gasteiger partial charge in [0.25, 0.3) is 0 Å². The third kappa shape index (κ3) is 3.76. The molecule has 3 rings (SSSR count). The molecular formula is C17H26N2O2. The van der Waals surface area contributed by atoms with Gasteiger partial charge in [-0.1, -0.05) is 6.07 Å². The molecule has 1 aliphatic carbocycles. The lowest BCUT2D eigenvalue weighted by Crippen LogP contribution is -2.45. The van der Waals surface area contributed by atoms with Crippen molar-refractivity contribution in [3.8, 4) is 5.75 Å². The molecule has 0 amide bonds. The lowest BCUT2D eigenvalue weighted by Gasteiger charge is -2.33. The number of aryl methyl sites for hydroxylation is 1. The monoisotopic (exact) mass is 290 g/mol. The molecule has 1 aromatic rings. The molecule has 0 bridgehead atoms. The molecule has 0 saturated carbocycles. The molecule has 0 radical (unpaired) electrons. The Kier molecular flexibility index (Phi) is 4.78. The number of phenolic OH excluding ortho intramolecular Hbond substituents is 1. The maximum absolute atomic E-state index is 9.75. The van der Waals surface area contributed by atoms with E-state index in [4.69, 9.17) is 4.74 Å². The van der Waals surface area contributed by atoms with Crippen molar-refractivity contribution in [1.29, 1.82) is 0 Å². The Morgan fingerprint density at radius 2 is 2.19 bits per heavy atom. The van der Waals surface area contributed by atoms with Gasteiger partial charge in [-0.25, -0.2) is 0 Å². The highest BCUT2D eigenvalue weighted by atomic mass is 16.5. The first kappa shape index (κ1) is 14.8. The van der Waals surface area contributed by atoms with Crippen molar-refractivity contribution < 1.29 is 9.84 Å². The van der Waals surface area contributed by atoms with Crippen LogP contribution in [0.25, 0.3) is 0 Å². The summed E-state index contributed by atoms with van der Waals surface area (Å²) >= 11 is 0. The molecule has 21 heavy (non-hydrogen) atoms. The minimum absolute atomic E-state index is 0.372. The number of hydrogen-bond acceptors (Lipinski definition) is 4. The summed E-state index contributed by atoms with van der Waals surface area (Å²) in [6.45, 7) is 7.10. The van der Waals surface area contributed by atoms with Crippen LogP contribution >= 0.6 is 0 Å². The zero-order valence-electron chi connectivity index (χ0n) is 12.8. The molecule has 1 aromatic carbocycles. The van der Waals surface area contributed by atoms with Crippen molar-refractivity contribution in [2.45, 2.75) is 38.3 Å². The van der Waals surface area contributed by atoms with Crippen LogP contribution in [-0.4, -0.2) is 48.9 Å². The highest BCUT2D eigenvalue weighted by Gasteiger charge is 2.23. The van der Waals surface area contributed by atoms with Gasteiger partial charge in [-0.15, -0.1) is 0 Å². The van der Waals surface area contributed by atoms with E-state index in [1.54, 1.807) is 6.07 Å². The molecule has 1 saturated heterocycles. The van der Waals surface area contributed by atoms with E-state index in [1.165, 1.54) is 17.5 Å². The zero-order chi connectivity index (χ0) is 14.7. The van der Waals surface area contributed by atoms with Crippen LogP contribution in [-0.2, 0) is 11.2 Å². The average Bonchev–Trinajstić information content (AvgIpc) is 2.49. The Morgan fingerprint density at radius 3 is 3.00 bits per heavy atom. The van der Waals surface area contributed by atoms with E-state index < -0.39 is 0 Å². The molecule has 1 aliphatic heterocycles. The number of benzene rings is 1. The minimum atomic E-state index is 0.372. The largest absolute Gasteiger partial charge is 0.508 e. The average molecular weight is 290 g/mol. The fraction of sp³-hybridized carbons (Fsp3) is 0.647. The predicted molar refractivity (Wildman–Crippen MR) is 83.6 cm³/mol. The SMILES string of the molecule is CC(CN1CCOCC1)NC1CCCc2ccc(O)cc21. The van der Waals surface area contributed by atoms with Crippen molar-refractivity contribution in [2.24, 2.45) is 0 Å². The zero-order valence-corrected chi connectivity index (χ0v) is 12.8. The molecule has 1 heterocycles. The number of hydrogen-bond donors (Lipinski definition) is 2. The first-order valence-corrected chi connectivity index (χ1v) is 8.10. The summed E-state index contributed by atoms with van der Waals surface area (Å²) in [6, 6.07) is 6.63. The van der Waals surface area contributed by atoms with Gasteiger partial charge < -0.3 is 15.2 Å². The van der Waals surface area contributed by atoms with Gasteiger partial charge in [-0.05, 0) is 49.4 Å². The maximum atomic E-state index is 9.75. The van der Waals surface area contributed by atoms with Crippen LogP contribution < -0.4 is 5.32 Å². The number of nitrogens with one attached hydrogen (secondary N) is 1. The number of fused-ring (bicyclic) bond motifs is 1. The number of aromatic hydroxyl groups is 1. The van der Waals surface area contributed by atoms with Gasteiger partial charge in [0.05, 0.1) is 13.2 Å². The van der Waals surface area contributed by atoms with E-state index in [1.807, 2.05) is 6.07 Å². The molecule has 2 aliphatic rings. The Bertz CT molecular complexity index is 472. The second-order valence-electron chi connectivity index (χ2n) is 6.31. The highest BCUT2D eigenvalue weighted by Crippen LogP contribution is 2.32. The van der Waals surface area contributed by atoms with Crippen LogP contribution in [0.1, 0.15) is 36.9 Å². The van der Waals surface area contributed by atoms with Crippen LogP contribution in [0.5, 0.6) is 5.75 Å². The molecule has 2 N–H and O–H groups in total. The number of rotatable bonds is 4. The van der Waals surface area contributed by atoms with E-state index >= 15 is 0 Å². The predicted octanol–water partition coefficient (Wildman–Crippen LogP) is 2.08. The van der Waals surface area contributed by atoms with E-state index in [9.17, 15) is 5.11 Å². The molecule has 1 fully saturated rings. The number of ether oxygens (including phenoxy) is 1. The van der Waals surface area contributed by atoms with Crippen molar-refractivity contribution in [1.82, 2.24) is 10.2 Å². The van der Waals surface area contributed by atoms with Gasteiger partial charge in [0.2, 0.25) is 0 Å². The van der Waals surface area contributed by atoms with Gasteiger partial charge in [0, 0.05) is 31.7 Å². The lowest BCUT2D eigenvalue weighted by molar-refractivity contribution is 0.0337. The van der Waals surface area contributed by atoms with Crippen molar-refractivity contribution >= 4 is 0 Å². The number of morpholine rings is 1. The van der Waals surface area contributed by atoms with Gasteiger partial charge in [0.1, 0.15) is 5.75 Å². The summed E-state index contributed by atoms with van der Waals surface area (Å²) in [5, 5.41) is 13.5. The van der Waals surface area contributed by atoms with E-state index in [-0.39, 0.29) is 0 Å². The van der Waals surface area contributed by atoms with Gasteiger partial charge in [-0.3, -0.25) is 4.90 Å². The topological polar surface area (TPSA) is 44.7 Å². The molecule has 4 heteroatoms. The standard InChI is InChI=1S/C17H26N2O2/c1-13(12-19-7-9-21-10-8-19)18-17-4-2-3-14-5-6-15(20)11-16(14)17/h5-6,11,13,17-18,20H,2-4,7-10,12H2,1H3. The van der Waals surface area contributed by atoms with Crippen molar-refractivity contribution in [2.75, 3.05) is 32.8 Å². The van der Waals surface area contributed by atoms with E-state index in [0.29, 0.717) is 17.8 Å². The molecule has 2 atom stereocenters. The minimum Gasteiger partial charge on any atom is -0.508 e. The molecule has 116 valence electrons. The Morgan fingerprint density at radius 1 is 1.38 bits per heavy atom. The smallest absolute Gasteiger partial charge is 0.115 e. The third-order valence-electron chi connectivity index (χ3n) is 4.57. The van der Waals surface area contributed by atoms with Crippen LogP contribution in [0.2, 0.25) is 0 Å². The van der Waals surface area contributed by atoms with Crippen molar-refractivity contribution in [3.05, 3.63) is 29.3 Å². The summed E-state index contributed by atoms with van der Waals surface area (Å²) in [5.41, 5.74) is 2.67. The summed E-state index contributed by atoms with van der Waals surface area (Å²) in [6.07, 6.45) is 3.51. The van der Waals surface area contributed by atoms with Gasteiger partial charge >= 0.3 is 0 Å². The van der Waals surface area contributed by atoms with Crippen LogP contribution in [0, 0.1) is 0 Å². The lowest BCUT2D eigenvalue weighted by atomic mass is 9.87.